The van der Waals surface area contributed by atoms with Crippen LogP contribution in [0.15, 0.2) is 0 Å². The molecule has 0 aliphatic carbocycles. The fourth-order valence-electron chi connectivity index (χ4n) is 0.428. The highest BCUT2D eigenvalue weighted by Crippen LogP contribution is 2.03. The molecule has 0 aromatic carbocycles. The van der Waals surface area contributed by atoms with Gasteiger partial charge in [0.2, 0.25) is 0 Å². The SMILES string of the molecule is COC(=O)C(C)CO[PH+]=O. The molecule has 0 aliphatic rings. The molecule has 10 heavy (non-hydrogen) atoms. The van der Waals surface area contributed by atoms with E-state index in [1.54, 1.807) is 6.92 Å². The fourth-order valence-corrected chi connectivity index (χ4v) is 0.746. The maximum absolute atomic E-state index is 10.6. The van der Waals surface area contributed by atoms with Crippen LogP contribution in [0.3, 0.4) is 0 Å². The van der Waals surface area contributed by atoms with Gasteiger partial charge in [-0.3, -0.25) is 4.79 Å². The molecule has 2 atom stereocenters. The van der Waals surface area contributed by atoms with Crippen molar-refractivity contribution in [3.05, 3.63) is 0 Å². The van der Waals surface area contributed by atoms with E-state index in [0.29, 0.717) is 0 Å². The van der Waals surface area contributed by atoms with Gasteiger partial charge < -0.3 is 4.74 Å². The Morgan fingerprint density at radius 2 is 2.30 bits per heavy atom. The molecule has 0 aliphatic heterocycles. The molecule has 0 amide bonds. The van der Waals surface area contributed by atoms with Gasteiger partial charge in [0.25, 0.3) is 0 Å². The van der Waals surface area contributed by atoms with E-state index < -0.39 is 8.69 Å². The van der Waals surface area contributed by atoms with Crippen LogP contribution in [-0.4, -0.2) is 19.7 Å². The molecular weight excluding hydrogens is 155 g/mol. The summed E-state index contributed by atoms with van der Waals surface area (Å²) in [7, 11) is 0.491. The molecule has 0 aromatic rings. The van der Waals surface area contributed by atoms with Crippen molar-refractivity contribution in [2.24, 2.45) is 5.92 Å². The van der Waals surface area contributed by atoms with Gasteiger partial charge in [0.1, 0.15) is 6.61 Å². The van der Waals surface area contributed by atoms with Crippen LogP contribution < -0.4 is 0 Å². The predicted molar refractivity (Wildman–Crippen MR) is 36.1 cm³/mol. The summed E-state index contributed by atoms with van der Waals surface area (Å²) in [5.74, 6) is -0.690. The standard InChI is InChI=1S/C5H10O4P/c1-4(3-9-10-7)5(6)8-2/h4,10H,3H2,1-2H3/q+1. The van der Waals surface area contributed by atoms with Gasteiger partial charge in [0.15, 0.2) is 0 Å². The first-order valence-electron chi connectivity index (χ1n) is 2.79. The van der Waals surface area contributed by atoms with E-state index in [1.165, 1.54) is 7.11 Å². The second kappa shape index (κ2) is 5.33. The van der Waals surface area contributed by atoms with E-state index in [1.807, 2.05) is 0 Å². The van der Waals surface area contributed by atoms with Gasteiger partial charge in [0.05, 0.1) is 13.0 Å². The molecule has 0 rings (SSSR count). The number of hydrogen-bond acceptors (Lipinski definition) is 4. The summed E-state index contributed by atoms with van der Waals surface area (Å²) in [6.45, 7) is 1.79. The Bertz CT molecular complexity index is 125. The number of esters is 1. The van der Waals surface area contributed by atoms with Gasteiger partial charge in [-0.05, 0) is 11.5 Å². The van der Waals surface area contributed by atoms with Gasteiger partial charge in [-0.2, -0.15) is 0 Å². The third-order valence-corrected chi connectivity index (χ3v) is 1.28. The van der Waals surface area contributed by atoms with Crippen LogP contribution in [0.2, 0.25) is 0 Å². The summed E-state index contributed by atoms with van der Waals surface area (Å²) in [4.78, 5) is 10.6. The topological polar surface area (TPSA) is 52.6 Å². The van der Waals surface area contributed by atoms with Crippen LogP contribution in [0.4, 0.5) is 0 Å². The first-order chi connectivity index (χ1) is 4.72. The Morgan fingerprint density at radius 1 is 1.70 bits per heavy atom. The zero-order valence-corrected chi connectivity index (χ0v) is 6.92. The van der Waals surface area contributed by atoms with E-state index in [0.717, 1.165) is 0 Å². The van der Waals surface area contributed by atoms with Crippen molar-refractivity contribution in [2.45, 2.75) is 6.92 Å². The molecule has 0 bridgehead atoms. The van der Waals surface area contributed by atoms with Crippen molar-refractivity contribution in [3.8, 4) is 0 Å². The molecule has 0 radical (unpaired) electrons. The normalized spacial score (nSPS) is 13.0. The van der Waals surface area contributed by atoms with Crippen molar-refractivity contribution in [3.63, 3.8) is 0 Å². The van der Waals surface area contributed by atoms with Crippen LogP contribution in [0.5, 0.6) is 0 Å². The number of ether oxygens (including phenoxy) is 1. The molecule has 2 unspecified atom stereocenters. The third kappa shape index (κ3) is 3.54. The fraction of sp³-hybridized carbons (Fsp3) is 0.800. The Hall–Kier alpha value is -0.470. The summed E-state index contributed by atoms with van der Waals surface area (Å²) in [5, 5.41) is 0. The lowest BCUT2D eigenvalue weighted by molar-refractivity contribution is -0.145. The molecule has 0 saturated heterocycles. The first-order valence-corrected chi connectivity index (χ1v) is 3.60. The van der Waals surface area contributed by atoms with E-state index in [4.69, 9.17) is 0 Å². The van der Waals surface area contributed by atoms with Crippen molar-refractivity contribution in [1.82, 2.24) is 0 Å². The Morgan fingerprint density at radius 3 is 2.70 bits per heavy atom. The molecule has 0 spiro atoms. The average Bonchev–Trinajstić information content (AvgIpc) is 1.98. The van der Waals surface area contributed by atoms with Crippen LogP contribution in [-0.2, 0) is 18.6 Å². The molecule has 4 nitrogen and oxygen atoms in total. The number of hydrogen-bond donors (Lipinski definition) is 0. The highest BCUT2D eigenvalue weighted by atomic mass is 31.1. The molecule has 0 N–H and O–H groups in total. The van der Waals surface area contributed by atoms with Crippen LogP contribution in [0.1, 0.15) is 6.92 Å². The van der Waals surface area contributed by atoms with E-state index in [2.05, 4.69) is 9.26 Å². The summed E-state index contributed by atoms with van der Waals surface area (Å²) in [5.41, 5.74) is 0. The predicted octanol–water partition coefficient (Wildman–Crippen LogP) is 0.751. The third-order valence-electron chi connectivity index (χ3n) is 0.996. The van der Waals surface area contributed by atoms with Crippen molar-refractivity contribution in [1.29, 1.82) is 0 Å². The minimum absolute atomic E-state index is 0.147. The summed E-state index contributed by atoms with van der Waals surface area (Å²) in [6.07, 6.45) is 0. The molecule has 0 saturated carbocycles. The molecule has 0 aromatic heterocycles. The largest absolute Gasteiger partial charge is 0.494 e. The smallest absolute Gasteiger partial charge is 0.469 e. The van der Waals surface area contributed by atoms with Gasteiger partial charge >= 0.3 is 14.7 Å². The Kier molecular flexibility index (Phi) is 5.08. The number of carbonyl (C=O) groups is 1. The average molecular weight is 165 g/mol. The van der Waals surface area contributed by atoms with E-state index in [9.17, 15) is 9.36 Å². The zero-order valence-electron chi connectivity index (χ0n) is 5.92. The number of rotatable bonds is 4. The number of methoxy groups -OCH3 is 1. The number of carbonyl (C=O) groups excluding carboxylic acids is 1. The second-order valence-electron chi connectivity index (χ2n) is 1.82. The van der Waals surface area contributed by atoms with Gasteiger partial charge in [0, 0.05) is 0 Å². The lowest BCUT2D eigenvalue weighted by Crippen LogP contribution is -2.16. The summed E-state index contributed by atoms with van der Waals surface area (Å²) >= 11 is 0. The Labute approximate surface area is 60.8 Å². The molecule has 0 heterocycles. The monoisotopic (exact) mass is 165 g/mol. The van der Waals surface area contributed by atoms with Crippen molar-refractivity contribution < 1.29 is 18.6 Å². The molecule has 58 valence electrons. The molecule has 0 fully saturated rings. The van der Waals surface area contributed by atoms with Crippen LogP contribution >= 0.6 is 8.69 Å². The Balaban J connectivity index is 3.50. The van der Waals surface area contributed by atoms with Gasteiger partial charge in [-0.15, -0.1) is 4.52 Å². The quantitative estimate of drug-likeness (QED) is 0.455. The molecular formula is C5H10O4P+. The second-order valence-corrected chi connectivity index (χ2v) is 2.27. The first kappa shape index (κ1) is 9.53. The maximum atomic E-state index is 10.6. The lowest BCUT2D eigenvalue weighted by atomic mass is 10.2. The molecule has 5 heteroatoms. The summed E-state index contributed by atoms with van der Waals surface area (Å²) < 4.78 is 18.7. The lowest BCUT2D eigenvalue weighted by Gasteiger charge is -2.02. The van der Waals surface area contributed by atoms with E-state index >= 15 is 0 Å². The summed E-state index contributed by atoms with van der Waals surface area (Å²) in [6, 6.07) is 0. The highest BCUT2D eigenvalue weighted by Gasteiger charge is 2.14. The van der Waals surface area contributed by atoms with Crippen LogP contribution in [0, 0.1) is 5.92 Å². The van der Waals surface area contributed by atoms with E-state index in [-0.39, 0.29) is 18.5 Å². The maximum Gasteiger partial charge on any atom is 0.494 e. The minimum Gasteiger partial charge on any atom is -0.469 e. The van der Waals surface area contributed by atoms with Crippen molar-refractivity contribution in [2.75, 3.05) is 13.7 Å². The zero-order chi connectivity index (χ0) is 7.98. The van der Waals surface area contributed by atoms with Gasteiger partial charge in [-0.1, -0.05) is 0 Å². The van der Waals surface area contributed by atoms with Crippen molar-refractivity contribution >= 4 is 14.7 Å². The highest BCUT2D eigenvalue weighted by molar-refractivity contribution is 7.17. The van der Waals surface area contributed by atoms with Crippen LogP contribution in [0.25, 0.3) is 0 Å². The minimum atomic E-state index is -0.813. The van der Waals surface area contributed by atoms with Gasteiger partial charge in [-0.25, -0.2) is 0 Å².